The van der Waals surface area contributed by atoms with Gasteiger partial charge in [-0.05, 0) is 45.8 Å². The molecule has 0 spiro atoms. The Morgan fingerprint density at radius 2 is 2.06 bits per heavy atom. The van der Waals surface area contributed by atoms with Crippen LogP contribution in [0.5, 0.6) is 5.75 Å². The van der Waals surface area contributed by atoms with Crippen molar-refractivity contribution in [2.24, 2.45) is 0 Å². The van der Waals surface area contributed by atoms with Crippen molar-refractivity contribution in [2.75, 3.05) is 7.11 Å². The molecule has 0 bridgehead atoms. The number of methoxy groups -OCH3 is 1. The number of halogens is 2. The maximum absolute atomic E-state index is 10.1. The summed E-state index contributed by atoms with van der Waals surface area (Å²) in [7, 11) is 1.62. The van der Waals surface area contributed by atoms with E-state index in [-0.39, 0.29) is 0 Å². The van der Waals surface area contributed by atoms with Gasteiger partial charge in [-0.25, -0.2) is 0 Å². The number of benzene rings is 1. The second kappa shape index (κ2) is 5.91. The molecule has 2 aromatic rings. The summed E-state index contributed by atoms with van der Waals surface area (Å²) in [4.78, 5) is 0. The summed E-state index contributed by atoms with van der Waals surface area (Å²) in [6.07, 6.45) is 1.30. The maximum atomic E-state index is 10.1. The quantitative estimate of drug-likeness (QED) is 0.875. The zero-order chi connectivity index (χ0) is 13.1. The van der Waals surface area contributed by atoms with Crippen LogP contribution in [0.3, 0.4) is 0 Å². The molecule has 0 saturated heterocycles. The highest BCUT2D eigenvalue weighted by Gasteiger charge is 2.17. The fraction of sp³-hybridized carbons (Fsp3) is 0.231. The van der Waals surface area contributed by atoms with E-state index in [1.165, 1.54) is 0 Å². The van der Waals surface area contributed by atoms with Gasteiger partial charge in [-0.15, -0.1) is 0 Å². The van der Waals surface area contributed by atoms with Gasteiger partial charge in [-0.1, -0.05) is 15.9 Å². The Balaban J connectivity index is 2.21. The van der Waals surface area contributed by atoms with Crippen LogP contribution in [0.15, 0.2) is 43.9 Å². The molecule has 0 aliphatic heterocycles. The van der Waals surface area contributed by atoms with E-state index in [0.29, 0.717) is 12.2 Å². The Morgan fingerprint density at radius 3 is 2.67 bits per heavy atom. The number of furan rings is 1. The standard InChI is InChI=1S/C13H12Br2O3/c1-17-9-2-3-10(14)8(6-9)7-12(16)13-11(15)4-5-18-13/h2-6,12,16H,7H2,1H3. The fourth-order valence-electron chi connectivity index (χ4n) is 1.68. The van der Waals surface area contributed by atoms with Gasteiger partial charge in [0.2, 0.25) is 0 Å². The fourth-order valence-corrected chi connectivity index (χ4v) is 2.55. The summed E-state index contributed by atoms with van der Waals surface area (Å²) in [5.74, 6) is 1.30. The predicted octanol–water partition coefficient (Wildman–Crippen LogP) is 4.09. The van der Waals surface area contributed by atoms with Crippen molar-refractivity contribution in [1.29, 1.82) is 0 Å². The van der Waals surface area contributed by atoms with E-state index >= 15 is 0 Å². The third kappa shape index (κ3) is 2.96. The van der Waals surface area contributed by atoms with Gasteiger partial charge in [-0.3, -0.25) is 0 Å². The molecule has 1 heterocycles. The largest absolute Gasteiger partial charge is 0.497 e. The summed E-state index contributed by atoms with van der Waals surface area (Å²) in [6.45, 7) is 0. The zero-order valence-electron chi connectivity index (χ0n) is 9.69. The SMILES string of the molecule is COc1ccc(Br)c(CC(O)c2occc2Br)c1. The van der Waals surface area contributed by atoms with Gasteiger partial charge in [0.25, 0.3) is 0 Å². The molecule has 1 aromatic carbocycles. The summed E-state index contributed by atoms with van der Waals surface area (Å²) < 4.78 is 12.1. The molecule has 3 nitrogen and oxygen atoms in total. The van der Waals surface area contributed by atoms with Crippen molar-refractivity contribution in [1.82, 2.24) is 0 Å². The smallest absolute Gasteiger partial charge is 0.146 e. The highest BCUT2D eigenvalue weighted by atomic mass is 79.9. The number of rotatable bonds is 4. The first kappa shape index (κ1) is 13.6. The Hall–Kier alpha value is -0.780. The van der Waals surface area contributed by atoms with Crippen molar-refractivity contribution < 1.29 is 14.3 Å². The topological polar surface area (TPSA) is 42.6 Å². The third-order valence-electron chi connectivity index (χ3n) is 2.61. The number of aliphatic hydroxyl groups is 1. The van der Waals surface area contributed by atoms with Crippen LogP contribution in [0.25, 0.3) is 0 Å². The van der Waals surface area contributed by atoms with E-state index in [9.17, 15) is 5.11 Å². The van der Waals surface area contributed by atoms with E-state index < -0.39 is 6.10 Å². The lowest BCUT2D eigenvalue weighted by Crippen LogP contribution is -2.02. The minimum Gasteiger partial charge on any atom is -0.497 e. The van der Waals surface area contributed by atoms with E-state index in [0.717, 1.165) is 20.3 Å². The van der Waals surface area contributed by atoms with Crippen molar-refractivity contribution in [3.05, 3.63) is 50.8 Å². The van der Waals surface area contributed by atoms with Crippen LogP contribution in [0.1, 0.15) is 17.4 Å². The number of aliphatic hydroxyl groups excluding tert-OH is 1. The van der Waals surface area contributed by atoms with Crippen LogP contribution < -0.4 is 4.74 Å². The molecule has 96 valence electrons. The van der Waals surface area contributed by atoms with Crippen LogP contribution in [0.4, 0.5) is 0 Å². The van der Waals surface area contributed by atoms with E-state index in [1.807, 2.05) is 18.2 Å². The molecular formula is C13H12Br2O3. The first-order chi connectivity index (χ1) is 8.61. The lowest BCUT2D eigenvalue weighted by atomic mass is 10.1. The van der Waals surface area contributed by atoms with Gasteiger partial charge in [-0.2, -0.15) is 0 Å². The number of hydrogen-bond donors (Lipinski definition) is 1. The minimum absolute atomic E-state index is 0.448. The van der Waals surface area contributed by atoms with Gasteiger partial charge in [0.15, 0.2) is 0 Å². The van der Waals surface area contributed by atoms with Gasteiger partial charge in [0.05, 0.1) is 17.8 Å². The number of ether oxygens (including phenoxy) is 1. The first-order valence-electron chi connectivity index (χ1n) is 5.35. The van der Waals surface area contributed by atoms with Crippen molar-refractivity contribution in [3.8, 4) is 5.75 Å². The molecule has 0 amide bonds. The normalized spacial score (nSPS) is 12.4. The van der Waals surface area contributed by atoms with Gasteiger partial charge < -0.3 is 14.3 Å². The Labute approximate surface area is 122 Å². The molecule has 1 aromatic heterocycles. The molecule has 1 atom stereocenters. The third-order valence-corrected chi connectivity index (χ3v) is 4.04. The molecule has 5 heteroatoms. The monoisotopic (exact) mass is 374 g/mol. The summed E-state index contributed by atoms with van der Waals surface area (Å²) in [6, 6.07) is 7.42. The van der Waals surface area contributed by atoms with E-state index in [2.05, 4.69) is 31.9 Å². The van der Waals surface area contributed by atoms with Crippen LogP contribution in [0, 0.1) is 0 Å². The van der Waals surface area contributed by atoms with Crippen LogP contribution in [0.2, 0.25) is 0 Å². The predicted molar refractivity (Wildman–Crippen MR) is 75.8 cm³/mol. The highest BCUT2D eigenvalue weighted by Crippen LogP contribution is 2.30. The van der Waals surface area contributed by atoms with E-state index in [1.54, 1.807) is 19.4 Å². The molecule has 0 aliphatic rings. The second-order valence-electron chi connectivity index (χ2n) is 3.81. The molecule has 0 saturated carbocycles. The molecule has 0 radical (unpaired) electrons. The highest BCUT2D eigenvalue weighted by molar-refractivity contribution is 9.10. The summed E-state index contributed by atoms with van der Waals surface area (Å²) in [5, 5.41) is 10.1. The average molecular weight is 376 g/mol. The van der Waals surface area contributed by atoms with Gasteiger partial charge >= 0.3 is 0 Å². The average Bonchev–Trinajstić information content (AvgIpc) is 2.78. The van der Waals surface area contributed by atoms with Crippen LogP contribution >= 0.6 is 31.9 Å². The zero-order valence-corrected chi connectivity index (χ0v) is 12.9. The lowest BCUT2D eigenvalue weighted by molar-refractivity contribution is 0.149. The van der Waals surface area contributed by atoms with Crippen molar-refractivity contribution >= 4 is 31.9 Å². The molecule has 0 fully saturated rings. The second-order valence-corrected chi connectivity index (χ2v) is 5.52. The maximum Gasteiger partial charge on any atom is 0.146 e. The minimum atomic E-state index is -0.696. The van der Waals surface area contributed by atoms with Crippen molar-refractivity contribution in [2.45, 2.75) is 12.5 Å². The van der Waals surface area contributed by atoms with Gasteiger partial charge in [0.1, 0.15) is 17.6 Å². The molecule has 1 N–H and O–H groups in total. The Kier molecular flexibility index (Phi) is 4.48. The molecular weight excluding hydrogens is 364 g/mol. The lowest BCUT2D eigenvalue weighted by Gasteiger charge is -2.11. The molecule has 2 rings (SSSR count). The van der Waals surface area contributed by atoms with E-state index in [4.69, 9.17) is 9.15 Å². The van der Waals surface area contributed by atoms with Gasteiger partial charge in [0, 0.05) is 10.9 Å². The number of hydrogen-bond acceptors (Lipinski definition) is 3. The summed E-state index contributed by atoms with van der Waals surface area (Å²) in [5.41, 5.74) is 0.963. The Bertz CT molecular complexity index is 537. The molecule has 18 heavy (non-hydrogen) atoms. The van der Waals surface area contributed by atoms with Crippen molar-refractivity contribution in [3.63, 3.8) is 0 Å². The molecule has 0 aliphatic carbocycles. The summed E-state index contributed by atoms with van der Waals surface area (Å²) >= 11 is 6.80. The first-order valence-corrected chi connectivity index (χ1v) is 6.93. The molecule has 1 unspecified atom stereocenters. The van der Waals surface area contributed by atoms with Crippen LogP contribution in [-0.4, -0.2) is 12.2 Å². The van der Waals surface area contributed by atoms with Crippen LogP contribution in [-0.2, 0) is 6.42 Å². The Morgan fingerprint density at radius 1 is 1.28 bits per heavy atom.